The van der Waals surface area contributed by atoms with Crippen LogP contribution < -0.4 is 10.6 Å². The Labute approximate surface area is 168 Å². The number of carbonyl (C=O) groups is 2. The van der Waals surface area contributed by atoms with E-state index in [1.165, 1.54) is 23.9 Å². The minimum Gasteiger partial charge on any atom is -0.351 e. The highest BCUT2D eigenvalue weighted by Gasteiger charge is 2.10. The molecule has 0 saturated heterocycles. The fraction of sp³-hybridized carbons (Fsp3) is 0.300. The van der Waals surface area contributed by atoms with Crippen LogP contribution in [0.4, 0.5) is 5.69 Å². The molecule has 1 atom stereocenters. The van der Waals surface area contributed by atoms with Crippen LogP contribution in [0, 0.1) is 10.1 Å². The summed E-state index contributed by atoms with van der Waals surface area (Å²) < 4.78 is 0. The van der Waals surface area contributed by atoms with E-state index in [9.17, 15) is 19.7 Å². The largest absolute Gasteiger partial charge is 0.351 e. The fourth-order valence-electron chi connectivity index (χ4n) is 2.30. The first-order chi connectivity index (χ1) is 13.4. The molecular formula is C20H23N3O4S. The molecule has 2 N–H and O–H groups in total. The van der Waals surface area contributed by atoms with Crippen LogP contribution in [0.3, 0.4) is 0 Å². The summed E-state index contributed by atoms with van der Waals surface area (Å²) in [5.41, 5.74) is 1.42. The molecular weight excluding hydrogens is 378 g/mol. The third kappa shape index (κ3) is 6.70. The lowest BCUT2D eigenvalue weighted by atomic mass is 10.1. The number of nitrogens with zero attached hydrogens (tertiary/aromatic N) is 1. The predicted molar refractivity (Wildman–Crippen MR) is 109 cm³/mol. The first-order valence-corrected chi connectivity index (χ1v) is 9.91. The van der Waals surface area contributed by atoms with Gasteiger partial charge >= 0.3 is 0 Å². The number of thioether (sulfide) groups is 1. The molecule has 0 saturated carbocycles. The summed E-state index contributed by atoms with van der Waals surface area (Å²) in [6.07, 6.45) is 0.855. The standard InChI is InChI=1S/C20H23N3O4S/c1-3-14(2)22-20(25)16-6-4-5-15(11-16)12-21-19(24)13-28-18-9-7-17(8-10-18)23(26)27/h4-11,14H,3,12-13H2,1-2H3,(H,21,24)(H,22,25). The summed E-state index contributed by atoms with van der Waals surface area (Å²) in [6, 6.07) is 13.3. The minimum absolute atomic E-state index is 0.0195. The van der Waals surface area contributed by atoms with E-state index in [0.717, 1.165) is 16.9 Å². The number of carbonyl (C=O) groups excluding carboxylic acids is 2. The summed E-state index contributed by atoms with van der Waals surface area (Å²) in [7, 11) is 0. The average molecular weight is 401 g/mol. The number of amides is 2. The topological polar surface area (TPSA) is 101 Å². The van der Waals surface area contributed by atoms with Crippen LogP contribution >= 0.6 is 11.8 Å². The SMILES string of the molecule is CCC(C)NC(=O)c1cccc(CNC(=O)CSc2ccc([N+](=O)[O-])cc2)c1. The summed E-state index contributed by atoms with van der Waals surface area (Å²) >= 11 is 1.30. The third-order valence-electron chi connectivity index (χ3n) is 4.09. The number of nitrogens with one attached hydrogen (secondary N) is 2. The van der Waals surface area contributed by atoms with Gasteiger partial charge in [0.05, 0.1) is 10.7 Å². The van der Waals surface area contributed by atoms with Gasteiger partial charge in [0.1, 0.15) is 0 Å². The van der Waals surface area contributed by atoms with Crippen molar-refractivity contribution in [2.45, 2.75) is 37.8 Å². The third-order valence-corrected chi connectivity index (χ3v) is 5.10. The number of nitro benzene ring substituents is 1. The van der Waals surface area contributed by atoms with Gasteiger partial charge in [-0.2, -0.15) is 0 Å². The summed E-state index contributed by atoms with van der Waals surface area (Å²) in [5, 5.41) is 16.4. The first kappa shape index (κ1) is 21.4. The van der Waals surface area contributed by atoms with Crippen molar-refractivity contribution in [3.63, 3.8) is 0 Å². The van der Waals surface area contributed by atoms with Gasteiger partial charge in [0, 0.05) is 35.2 Å². The molecule has 7 nitrogen and oxygen atoms in total. The van der Waals surface area contributed by atoms with Crippen molar-refractivity contribution in [3.8, 4) is 0 Å². The second kappa shape index (κ2) is 10.5. The lowest BCUT2D eigenvalue weighted by molar-refractivity contribution is -0.384. The van der Waals surface area contributed by atoms with Crippen LogP contribution in [0.5, 0.6) is 0 Å². The molecule has 0 fully saturated rings. The molecule has 2 aromatic carbocycles. The monoisotopic (exact) mass is 401 g/mol. The maximum atomic E-state index is 12.2. The normalized spacial score (nSPS) is 11.5. The molecule has 2 aromatic rings. The fourth-order valence-corrected chi connectivity index (χ4v) is 3.02. The summed E-state index contributed by atoms with van der Waals surface area (Å²) in [6.45, 7) is 4.28. The van der Waals surface area contributed by atoms with Crippen molar-refractivity contribution in [1.29, 1.82) is 0 Å². The van der Waals surface area contributed by atoms with Crippen LogP contribution in [-0.4, -0.2) is 28.5 Å². The Morgan fingerprint density at radius 1 is 1.18 bits per heavy atom. The molecule has 28 heavy (non-hydrogen) atoms. The quantitative estimate of drug-likeness (QED) is 0.380. The van der Waals surface area contributed by atoms with Gasteiger partial charge in [-0.3, -0.25) is 19.7 Å². The van der Waals surface area contributed by atoms with E-state index in [-0.39, 0.29) is 29.3 Å². The summed E-state index contributed by atoms with van der Waals surface area (Å²) in [4.78, 5) is 35.2. The zero-order chi connectivity index (χ0) is 20.5. The smallest absolute Gasteiger partial charge is 0.269 e. The van der Waals surface area contributed by atoms with Crippen LogP contribution in [0.25, 0.3) is 0 Å². The highest BCUT2D eigenvalue weighted by molar-refractivity contribution is 8.00. The van der Waals surface area contributed by atoms with Crippen molar-refractivity contribution in [1.82, 2.24) is 10.6 Å². The Kier molecular flexibility index (Phi) is 8.01. The van der Waals surface area contributed by atoms with Crippen molar-refractivity contribution >= 4 is 29.3 Å². The number of benzene rings is 2. The molecule has 0 radical (unpaired) electrons. The second-order valence-corrected chi connectivity index (χ2v) is 7.35. The zero-order valence-corrected chi connectivity index (χ0v) is 16.6. The van der Waals surface area contributed by atoms with Gasteiger partial charge in [-0.25, -0.2) is 0 Å². The van der Waals surface area contributed by atoms with Crippen molar-refractivity contribution in [3.05, 3.63) is 69.8 Å². The van der Waals surface area contributed by atoms with Crippen LogP contribution in [0.2, 0.25) is 0 Å². The lowest BCUT2D eigenvalue weighted by Gasteiger charge is -2.12. The molecule has 2 rings (SSSR count). The first-order valence-electron chi connectivity index (χ1n) is 8.92. The van der Waals surface area contributed by atoms with Crippen molar-refractivity contribution in [2.75, 3.05) is 5.75 Å². The number of nitro groups is 1. The Morgan fingerprint density at radius 2 is 1.89 bits per heavy atom. The van der Waals surface area contributed by atoms with Gasteiger partial charge in [-0.15, -0.1) is 11.8 Å². The van der Waals surface area contributed by atoms with Crippen LogP contribution in [0.15, 0.2) is 53.4 Å². The van der Waals surface area contributed by atoms with Gasteiger partial charge in [-0.1, -0.05) is 19.1 Å². The number of non-ortho nitro benzene ring substituents is 1. The molecule has 1 unspecified atom stereocenters. The molecule has 8 heteroatoms. The van der Waals surface area contributed by atoms with E-state index in [0.29, 0.717) is 12.1 Å². The molecule has 0 aromatic heterocycles. The second-order valence-electron chi connectivity index (χ2n) is 6.30. The molecule has 0 spiro atoms. The summed E-state index contributed by atoms with van der Waals surface area (Å²) in [5.74, 6) is -0.0829. The van der Waals surface area contributed by atoms with Crippen LogP contribution in [-0.2, 0) is 11.3 Å². The van der Waals surface area contributed by atoms with Gasteiger partial charge in [0.2, 0.25) is 5.91 Å². The lowest BCUT2D eigenvalue weighted by Crippen LogP contribution is -2.32. The highest BCUT2D eigenvalue weighted by atomic mass is 32.2. The van der Waals surface area contributed by atoms with E-state index in [2.05, 4.69) is 10.6 Å². The highest BCUT2D eigenvalue weighted by Crippen LogP contribution is 2.21. The van der Waals surface area contributed by atoms with E-state index in [1.807, 2.05) is 19.9 Å². The Hall–Kier alpha value is -2.87. The molecule has 0 aliphatic rings. The van der Waals surface area contributed by atoms with E-state index >= 15 is 0 Å². The van der Waals surface area contributed by atoms with E-state index in [1.54, 1.807) is 30.3 Å². The predicted octanol–water partition coefficient (Wildman–Crippen LogP) is 3.53. The maximum Gasteiger partial charge on any atom is 0.269 e. The molecule has 0 aliphatic carbocycles. The van der Waals surface area contributed by atoms with Gasteiger partial charge in [-0.05, 0) is 43.2 Å². The Morgan fingerprint density at radius 3 is 2.54 bits per heavy atom. The van der Waals surface area contributed by atoms with E-state index < -0.39 is 4.92 Å². The average Bonchev–Trinajstić information content (AvgIpc) is 2.71. The maximum absolute atomic E-state index is 12.2. The Bertz CT molecular complexity index is 840. The van der Waals surface area contributed by atoms with Crippen molar-refractivity contribution in [2.24, 2.45) is 0 Å². The number of hydrogen-bond acceptors (Lipinski definition) is 5. The van der Waals surface area contributed by atoms with Crippen molar-refractivity contribution < 1.29 is 14.5 Å². The molecule has 0 aliphatic heterocycles. The molecule has 0 heterocycles. The Balaban J connectivity index is 1.83. The molecule has 2 amide bonds. The van der Waals surface area contributed by atoms with Gasteiger partial charge in [0.15, 0.2) is 0 Å². The van der Waals surface area contributed by atoms with Gasteiger partial charge in [0.25, 0.3) is 11.6 Å². The van der Waals surface area contributed by atoms with Crippen LogP contribution in [0.1, 0.15) is 36.2 Å². The zero-order valence-electron chi connectivity index (χ0n) is 15.8. The number of hydrogen-bond donors (Lipinski definition) is 2. The molecule has 148 valence electrons. The molecule has 0 bridgehead atoms. The minimum atomic E-state index is -0.460. The van der Waals surface area contributed by atoms with E-state index in [4.69, 9.17) is 0 Å². The van der Waals surface area contributed by atoms with Gasteiger partial charge < -0.3 is 10.6 Å². The number of rotatable bonds is 9.